The third kappa shape index (κ3) is 5.93. The molecule has 6 rings (SSSR count). The Morgan fingerprint density at radius 2 is 1.73 bits per heavy atom. The molecule has 1 fully saturated rings. The average Bonchev–Trinajstić information content (AvgIpc) is 3.62. The number of para-hydroxylation sites is 1. The molecule has 1 aliphatic rings. The molecular weight excluding hydrogens is 585 g/mol. The van der Waals surface area contributed by atoms with Crippen LogP contribution >= 0.6 is 34.8 Å². The Hall–Kier alpha value is -3.92. The maximum atomic E-state index is 14.1. The Balaban J connectivity index is 1.37. The quantitative estimate of drug-likeness (QED) is 0.233. The number of aromatic amines is 1. The van der Waals surface area contributed by atoms with Gasteiger partial charge in [0.15, 0.2) is 11.5 Å². The fourth-order valence-corrected chi connectivity index (χ4v) is 5.49. The first-order chi connectivity index (χ1) is 20.0. The third-order valence-corrected chi connectivity index (χ3v) is 7.74. The zero-order valence-corrected chi connectivity index (χ0v) is 23.9. The van der Waals surface area contributed by atoms with Gasteiger partial charge in [0.25, 0.3) is 5.91 Å². The number of amides is 1. The molecule has 3 heterocycles. The molecule has 9 nitrogen and oxygen atoms in total. The number of hydrogen-bond acceptors (Lipinski definition) is 6. The maximum absolute atomic E-state index is 14.1. The molecule has 208 valence electrons. The zero-order chi connectivity index (χ0) is 28.3. The topological polar surface area (TPSA) is 102 Å². The summed E-state index contributed by atoms with van der Waals surface area (Å²) in [4.78, 5) is 15.9. The van der Waals surface area contributed by atoms with E-state index in [1.54, 1.807) is 28.9 Å². The monoisotopic (exact) mass is 607 g/mol. The number of tetrazole rings is 1. The van der Waals surface area contributed by atoms with E-state index in [0.29, 0.717) is 69.5 Å². The van der Waals surface area contributed by atoms with Crippen LogP contribution < -0.4 is 4.74 Å². The third-order valence-electron chi connectivity index (χ3n) is 6.94. The van der Waals surface area contributed by atoms with Crippen LogP contribution in [0, 0.1) is 0 Å². The summed E-state index contributed by atoms with van der Waals surface area (Å²) in [6, 6.07) is 22.1. The number of likely N-dealkylation sites (tertiary alicyclic amines) is 1. The Bertz CT molecular complexity index is 1660. The second kappa shape index (κ2) is 11.9. The lowest BCUT2D eigenvalue weighted by molar-refractivity contribution is 0.0589. The largest absolute Gasteiger partial charge is 0.490 e. The number of carbonyl (C=O) groups is 1. The highest BCUT2D eigenvalue weighted by Gasteiger charge is 2.32. The number of carbonyl (C=O) groups excluding carboxylic acids is 1. The van der Waals surface area contributed by atoms with E-state index >= 15 is 0 Å². The fraction of sp³-hybridized carbons (Fsp3) is 0.207. The van der Waals surface area contributed by atoms with Crippen molar-refractivity contribution in [1.29, 1.82) is 0 Å². The molecular formula is C29H24Cl3N7O2. The lowest BCUT2D eigenvalue weighted by Crippen LogP contribution is -2.42. The Morgan fingerprint density at radius 1 is 0.951 bits per heavy atom. The van der Waals surface area contributed by atoms with Gasteiger partial charge in [-0.1, -0.05) is 70.3 Å². The first-order valence-electron chi connectivity index (χ1n) is 13.0. The summed E-state index contributed by atoms with van der Waals surface area (Å²) < 4.78 is 7.84. The Morgan fingerprint density at radius 3 is 2.44 bits per heavy atom. The van der Waals surface area contributed by atoms with Gasteiger partial charge < -0.3 is 9.64 Å². The van der Waals surface area contributed by atoms with E-state index in [1.807, 2.05) is 53.4 Å². The van der Waals surface area contributed by atoms with E-state index in [4.69, 9.17) is 44.6 Å². The number of H-pyrrole nitrogens is 1. The number of nitrogens with zero attached hydrogens (tertiary/aromatic N) is 6. The van der Waals surface area contributed by atoms with Gasteiger partial charge in [0.05, 0.1) is 16.4 Å². The molecule has 1 N–H and O–H groups in total. The van der Waals surface area contributed by atoms with E-state index in [1.165, 1.54) is 0 Å². The molecule has 0 unspecified atom stereocenters. The molecule has 0 saturated carbocycles. The number of halogens is 3. The minimum atomic E-state index is -0.189. The van der Waals surface area contributed by atoms with Crippen molar-refractivity contribution in [2.75, 3.05) is 13.1 Å². The van der Waals surface area contributed by atoms with Gasteiger partial charge in [0.1, 0.15) is 11.9 Å². The van der Waals surface area contributed by atoms with Gasteiger partial charge in [-0.3, -0.25) is 4.79 Å². The minimum Gasteiger partial charge on any atom is -0.490 e. The summed E-state index contributed by atoms with van der Waals surface area (Å²) in [5.41, 5.74) is 3.11. The Kier molecular flexibility index (Phi) is 7.91. The van der Waals surface area contributed by atoms with Gasteiger partial charge >= 0.3 is 0 Å². The van der Waals surface area contributed by atoms with Crippen molar-refractivity contribution >= 4 is 40.7 Å². The number of aromatic nitrogens is 6. The molecule has 2 aromatic heterocycles. The van der Waals surface area contributed by atoms with E-state index < -0.39 is 0 Å². The van der Waals surface area contributed by atoms with Crippen LogP contribution in [0.1, 0.15) is 34.7 Å². The van der Waals surface area contributed by atoms with Crippen molar-refractivity contribution in [1.82, 2.24) is 35.3 Å². The molecule has 0 spiro atoms. The van der Waals surface area contributed by atoms with Crippen LogP contribution in [0.2, 0.25) is 15.1 Å². The Labute approximate surface area is 251 Å². The maximum Gasteiger partial charge on any atom is 0.274 e. The first-order valence-corrected chi connectivity index (χ1v) is 14.2. The number of nitrogens with one attached hydrogen (secondary N) is 1. The minimum absolute atomic E-state index is 0.0263. The summed E-state index contributed by atoms with van der Waals surface area (Å²) in [7, 11) is 0. The van der Waals surface area contributed by atoms with E-state index in [0.717, 1.165) is 11.3 Å². The summed E-state index contributed by atoms with van der Waals surface area (Å²) in [5, 5.41) is 21.1. The fourth-order valence-electron chi connectivity index (χ4n) is 4.97. The SMILES string of the molecule is O=C(c1nn(-c2ccccc2Cl)c(-c2ccc(Cl)cc2)c1Cc1nn[nH]n1)N1CCC(Oc2cccc(Cl)c2)CC1. The molecule has 41 heavy (non-hydrogen) atoms. The zero-order valence-electron chi connectivity index (χ0n) is 21.7. The number of ether oxygens (including phenoxy) is 1. The van der Waals surface area contributed by atoms with Crippen molar-refractivity contribution in [3.63, 3.8) is 0 Å². The van der Waals surface area contributed by atoms with Crippen LogP contribution in [0.15, 0.2) is 72.8 Å². The van der Waals surface area contributed by atoms with Gasteiger partial charge in [-0.05, 0) is 42.5 Å². The average molecular weight is 609 g/mol. The molecule has 1 aliphatic heterocycles. The molecule has 0 bridgehead atoms. The summed E-state index contributed by atoms with van der Waals surface area (Å²) in [6.45, 7) is 1.03. The van der Waals surface area contributed by atoms with Crippen molar-refractivity contribution in [3.05, 3.63) is 105 Å². The molecule has 1 saturated heterocycles. The molecule has 0 radical (unpaired) electrons. The van der Waals surface area contributed by atoms with Crippen molar-refractivity contribution in [2.24, 2.45) is 0 Å². The van der Waals surface area contributed by atoms with Crippen LogP contribution in [0.25, 0.3) is 16.9 Å². The van der Waals surface area contributed by atoms with Gasteiger partial charge in [0, 0.05) is 53.5 Å². The molecule has 1 amide bonds. The highest BCUT2D eigenvalue weighted by atomic mass is 35.5. The van der Waals surface area contributed by atoms with Crippen LogP contribution in [0.5, 0.6) is 5.75 Å². The predicted molar refractivity (Wildman–Crippen MR) is 157 cm³/mol. The summed E-state index contributed by atoms with van der Waals surface area (Å²) in [6.07, 6.45) is 1.55. The van der Waals surface area contributed by atoms with E-state index in [-0.39, 0.29) is 18.4 Å². The summed E-state index contributed by atoms with van der Waals surface area (Å²) >= 11 is 18.9. The lowest BCUT2D eigenvalue weighted by Gasteiger charge is -2.32. The highest BCUT2D eigenvalue weighted by Crippen LogP contribution is 2.34. The highest BCUT2D eigenvalue weighted by molar-refractivity contribution is 6.32. The van der Waals surface area contributed by atoms with Gasteiger partial charge in [-0.15, -0.1) is 10.2 Å². The van der Waals surface area contributed by atoms with Crippen LogP contribution in [0.3, 0.4) is 0 Å². The number of benzene rings is 3. The number of rotatable bonds is 7. The number of hydrogen-bond donors (Lipinski definition) is 1. The first kappa shape index (κ1) is 27.3. The van der Waals surface area contributed by atoms with Crippen molar-refractivity contribution < 1.29 is 9.53 Å². The molecule has 5 aromatic rings. The summed E-state index contributed by atoms with van der Waals surface area (Å²) in [5.74, 6) is 0.961. The van der Waals surface area contributed by atoms with Crippen molar-refractivity contribution in [3.8, 4) is 22.7 Å². The second-order valence-corrected chi connectivity index (χ2v) is 10.9. The molecule has 0 aliphatic carbocycles. The van der Waals surface area contributed by atoms with Crippen LogP contribution in [0.4, 0.5) is 0 Å². The van der Waals surface area contributed by atoms with Gasteiger partial charge in [-0.25, -0.2) is 4.68 Å². The van der Waals surface area contributed by atoms with Crippen LogP contribution in [-0.4, -0.2) is 60.4 Å². The van der Waals surface area contributed by atoms with Gasteiger partial charge in [0.2, 0.25) is 0 Å². The standard InChI is InChI=1S/C29H24Cl3N7O2/c30-19-10-8-18(9-11-19)28-23(17-26-33-36-37-34-26)27(35-39(28)25-7-2-1-6-24(25)32)29(40)38-14-12-21(13-15-38)41-22-5-3-4-20(31)16-22/h1-11,16,21H,12-15,17H2,(H,33,34,36,37). The predicted octanol–water partition coefficient (Wildman–Crippen LogP) is 6.29. The number of piperidine rings is 1. The molecule has 0 atom stereocenters. The smallest absolute Gasteiger partial charge is 0.274 e. The second-order valence-electron chi connectivity index (χ2n) is 9.62. The normalized spacial score (nSPS) is 13.9. The van der Waals surface area contributed by atoms with Gasteiger partial charge in [-0.2, -0.15) is 10.3 Å². The molecule has 3 aromatic carbocycles. The lowest BCUT2D eigenvalue weighted by atomic mass is 10.0. The van der Waals surface area contributed by atoms with Crippen molar-refractivity contribution in [2.45, 2.75) is 25.4 Å². The van der Waals surface area contributed by atoms with E-state index in [9.17, 15) is 4.79 Å². The molecule has 12 heteroatoms. The van der Waals surface area contributed by atoms with Crippen LogP contribution in [-0.2, 0) is 6.42 Å². The van der Waals surface area contributed by atoms with E-state index in [2.05, 4.69) is 20.6 Å².